The Kier molecular flexibility index (Phi) is 6.09. The van der Waals surface area contributed by atoms with Gasteiger partial charge in [-0.2, -0.15) is 5.10 Å². The van der Waals surface area contributed by atoms with Crippen molar-refractivity contribution in [2.24, 2.45) is 0 Å². The van der Waals surface area contributed by atoms with Crippen LogP contribution in [-0.2, 0) is 6.54 Å². The number of piperidine rings is 1. The first-order valence-electron chi connectivity index (χ1n) is 10.9. The molecule has 0 radical (unpaired) electrons. The molecular weight excluding hydrogens is 418 g/mol. The summed E-state index contributed by atoms with van der Waals surface area (Å²) in [6.45, 7) is 3.09. The molecule has 32 heavy (non-hydrogen) atoms. The van der Waals surface area contributed by atoms with E-state index in [1.54, 1.807) is 10.9 Å². The molecule has 0 aliphatic carbocycles. The van der Waals surface area contributed by atoms with Gasteiger partial charge in [-0.3, -0.25) is 15.0 Å². The van der Waals surface area contributed by atoms with Crippen LogP contribution in [0.3, 0.4) is 0 Å². The van der Waals surface area contributed by atoms with Gasteiger partial charge in [0.25, 0.3) is 5.91 Å². The third-order valence-corrected chi connectivity index (χ3v) is 6.44. The van der Waals surface area contributed by atoms with E-state index in [0.717, 1.165) is 36.6 Å². The maximum Gasteiger partial charge on any atom is 0.261 e. The third kappa shape index (κ3) is 4.64. The molecule has 0 atom stereocenters. The van der Waals surface area contributed by atoms with Gasteiger partial charge in [-0.25, -0.2) is 9.67 Å². The number of rotatable bonds is 6. The zero-order valence-corrected chi connectivity index (χ0v) is 18.6. The highest BCUT2D eigenvalue weighted by molar-refractivity contribution is 7.14. The fourth-order valence-corrected chi connectivity index (χ4v) is 4.71. The van der Waals surface area contributed by atoms with E-state index < -0.39 is 0 Å². The van der Waals surface area contributed by atoms with Crippen molar-refractivity contribution in [1.29, 1.82) is 0 Å². The molecule has 0 bridgehead atoms. The lowest BCUT2D eigenvalue weighted by molar-refractivity contribution is 0.102. The van der Waals surface area contributed by atoms with Crippen molar-refractivity contribution in [3.05, 3.63) is 83.5 Å². The second kappa shape index (κ2) is 9.46. The summed E-state index contributed by atoms with van der Waals surface area (Å²) in [4.78, 5) is 20.3. The summed E-state index contributed by atoms with van der Waals surface area (Å²) in [5.74, 6) is -0.204. The number of carbonyl (C=O) groups excluding carboxylic acids is 1. The van der Waals surface area contributed by atoms with Gasteiger partial charge in [-0.15, -0.1) is 11.3 Å². The number of nitrogens with one attached hydrogen (secondary N) is 1. The van der Waals surface area contributed by atoms with Crippen molar-refractivity contribution in [3.63, 3.8) is 0 Å². The van der Waals surface area contributed by atoms with Gasteiger partial charge in [-0.05, 0) is 38.1 Å². The molecule has 5 rings (SSSR count). The number of benzene rings is 2. The molecule has 1 aliphatic heterocycles. The SMILES string of the molecule is O=C(Nc1nc(CN2CCCCC2)cs1)c1cn(-c2ccccc2)nc1-c1ccccc1. The topological polar surface area (TPSA) is 63.1 Å². The van der Waals surface area contributed by atoms with E-state index in [2.05, 4.69) is 15.2 Å². The van der Waals surface area contributed by atoms with E-state index in [-0.39, 0.29) is 5.91 Å². The zero-order valence-electron chi connectivity index (χ0n) is 17.8. The molecule has 0 unspecified atom stereocenters. The van der Waals surface area contributed by atoms with Crippen LogP contribution in [0.25, 0.3) is 16.9 Å². The van der Waals surface area contributed by atoms with E-state index in [9.17, 15) is 4.79 Å². The average molecular weight is 444 g/mol. The molecule has 0 spiro atoms. The van der Waals surface area contributed by atoms with Crippen molar-refractivity contribution >= 4 is 22.4 Å². The lowest BCUT2D eigenvalue weighted by atomic mass is 10.1. The van der Waals surface area contributed by atoms with Gasteiger partial charge in [0.2, 0.25) is 0 Å². The number of thiazole rings is 1. The monoisotopic (exact) mass is 443 g/mol. The lowest BCUT2D eigenvalue weighted by Gasteiger charge is -2.25. The van der Waals surface area contributed by atoms with Gasteiger partial charge in [0, 0.05) is 23.7 Å². The standard InChI is InChI=1S/C25H25N5OS/c31-24(27-25-26-20(18-32-25)16-29-14-8-3-9-15-29)22-17-30(21-12-6-2-7-13-21)28-23(22)19-10-4-1-5-11-19/h1-2,4-7,10-13,17-18H,3,8-9,14-16H2,(H,26,27,31). The van der Waals surface area contributed by atoms with E-state index in [4.69, 9.17) is 5.10 Å². The second-order valence-electron chi connectivity index (χ2n) is 7.97. The summed E-state index contributed by atoms with van der Waals surface area (Å²) < 4.78 is 1.75. The largest absolute Gasteiger partial charge is 0.298 e. The number of para-hydroxylation sites is 1. The molecular formula is C25H25N5OS. The van der Waals surface area contributed by atoms with Crippen molar-refractivity contribution in [2.45, 2.75) is 25.8 Å². The van der Waals surface area contributed by atoms with E-state index in [1.165, 1.54) is 30.6 Å². The Bertz CT molecular complexity index is 1180. The second-order valence-corrected chi connectivity index (χ2v) is 8.83. The minimum atomic E-state index is -0.204. The van der Waals surface area contributed by atoms with Gasteiger partial charge < -0.3 is 0 Å². The first kappa shape index (κ1) is 20.6. The first-order valence-corrected chi connectivity index (χ1v) is 11.8. The molecule has 0 saturated carbocycles. The van der Waals surface area contributed by atoms with Crippen LogP contribution in [-0.4, -0.2) is 38.7 Å². The third-order valence-electron chi connectivity index (χ3n) is 5.63. The molecule has 3 heterocycles. The number of carbonyl (C=O) groups is 1. The van der Waals surface area contributed by atoms with E-state index in [0.29, 0.717) is 16.4 Å². The smallest absolute Gasteiger partial charge is 0.261 e. The Hall–Kier alpha value is -3.29. The van der Waals surface area contributed by atoms with Crippen molar-refractivity contribution < 1.29 is 4.79 Å². The number of nitrogens with zero attached hydrogens (tertiary/aromatic N) is 4. The predicted octanol–water partition coefficient (Wildman–Crippen LogP) is 5.23. The fraction of sp³-hybridized carbons (Fsp3) is 0.240. The highest BCUT2D eigenvalue weighted by Gasteiger charge is 2.20. The zero-order chi connectivity index (χ0) is 21.8. The summed E-state index contributed by atoms with van der Waals surface area (Å²) in [7, 11) is 0. The number of amides is 1. The van der Waals surface area contributed by atoms with Gasteiger partial charge in [0.05, 0.1) is 16.9 Å². The quantitative estimate of drug-likeness (QED) is 0.443. The highest BCUT2D eigenvalue weighted by Crippen LogP contribution is 2.26. The molecule has 2 aromatic carbocycles. The van der Waals surface area contributed by atoms with Crippen molar-refractivity contribution in [2.75, 3.05) is 18.4 Å². The summed E-state index contributed by atoms with van der Waals surface area (Å²) in [5, 5.41) is 10.4. The van der Waals surface area contributed by atoms with Crippen LogP contribution in [0, 0.1) is 0 Å². The molecule has 1 saturated heterocycles. The Balaban J connectivity index is 1.39. The highest BCUT2D eigenvalue weighted by atomic mass is 32.1. The average Bonchev–Trinajstić information content (AvgIpc) is 3.48. The van der Waals surface area contributed by atoms with Crippen LogP contribution in [0.4, 0.5) is 5.13 Å². The van der Waals surface area contributed by atoms with Crippen molar-refractivity contribution in [1.82, 2.24) is 19.7 Å². The number of likely N-dealkylation sites (tertiary alicyclic amines) is 1. The number of hydrogen-bond acceptors (Lipinski definition) is 5. The number of aromatic nitrogens is 3. The number of anilines is 1. The molecule has 1 fully saturated rings. The maximum atomic E-state index is 13.2. The van der Waals surface area contributed by atoms with Crippen LogP contribution in [0.5, 0.6) is 0 Å². The first-order chi connectivity index (χ1) is 15.8. The van der Waals surface area contributed by atoms with Crippen LogP contribution < -0.4 is 5.32 Å². The Morgan fingerprint density at radius 1 is 0.969 bits per heavy atom. The lowest BCUT2D eigenvalue weighted by Crippen LogP contribution is -2.29. The summed E-state index contributed by atoms with van der Waals surface area (Å²) >= 11 is 1.47. The van der Waals surface area contributed by atoms with Crippen LogP contribution in [0.1, 0.15) is 35.3 Å². The molecule has 2 aromatic heterocycles. The minimum Gasteiger partial charge on any atom is -0.298 e. The van der Waals surface area contributed by atoms with Gasteiger partial charge in [-0.1, -0.05) is 55.0 Å². The molecule has 4 aromatic rings. The summed E-state index contributed by atoms with van der Waals surface area (Å²) in [6, 6.07) is 19.6. The minimum absolute atomic E-state index is 0.204. The molecule has 7 heteroatoms. The number of hydrogen-bond donors (Lipinski definition) is 1. The molecule has 6 nitrogen and oxygen atoms in total. The fourth-order valence-electron chi connectivity index (χ4n) is 4.01. The van der Waals surface area contributed by atoms with Crippen molar-refractivity contribution in [3.8, 4) is 16.9 Å². The molecule has 1 N–H and O–H groups in total. The normalized spacial score (nSPS) is 14.4. The van der Waals surface area contributed by atoms with E-state index >= 15 is 0 Å². The predicted molar refractivity (Wildman–Crippen MR) is 128 cm³/mol. The van der Waals surface area contributed by atoms with Crippen LogP contribution >= 0.6 is 11.3 Å². The summed E-state index contributed by atoms with van der Waals surface area (Å²) in [6.07, 6.45) is 5.60. The van der Waals surface area contributed by atoms with E-state index in [1.807, 2.05) is 66.0 Å². The van der Waals surface area contributed by atoms with Gasteiger partial charge in [0.15, 0.2) is 5.13 Å². The maximum absolute atomic E-state index is 13.2. The van der Waals surface area contributed by atoms with Gasteiger partial charge >= 0.3 is 0 Å². The Labute approximate surface area is 191 Å². The van der Waals surface area contributed by atoms with Crippen LogP contribution in [0.2, 0.25) is 0 Å². The molecule has 162 valence electrons. The molecule has 1 aliphatic rings. The summed E-state index contributed by atoms with van der Waals surface area (Å²) in [5.41, 5.74) is 3.99. The Morgan fingerprint density at radius 3 is 2.44 bits per heavy atom. The molecule has 1 amide bonds. The Morgan fingerprint density at radius 2 is 1.69 bits per heavy atom. The van der Waals surface area contributed by atoms with Gasteiger partial charge in [0.1, 0.15) is 5.69 Å². The van der Waals surface area contributed by atoms with Crippen LogP contribution in [0.15, 0.2) is 72.2 Å².